The summed E-state index contributed by atoms with van der Waals surface area (Å²) in [6.45, 7) is 0.767. The molecule has 0 bridgehead atoms. The summed E-state index contributed by atoms with van der Waals surface area (Å²) in [7, 11) is 1.39. The Bertz CT molecular complexity index is 222. The average molecular weight is 182 g/mol. The zero-order valence-corrected chi connectivity index (χ0v) is 7.82. The smallest absolute Gasteiger partial charge is 0.409 e. The van der Waals surface area contributed by atoms with Crippen LogP contribution >= 0.6 is 0 Å². The quantitative estimate of drug-likeness (QED) is 0.650. The van der Waals surface area contributed by atoms with Crippen LogP contribution in [0.3, 0.4) is 0 Å². The number of amides is 1. The van der Waals surface area contributed by atoms with Gasteiger partial charge < -0.3 is 9.64 Å². The van der Waals surface area contributed by atoms with Gasteiger partial charge in [0.15, 0.2) is 0 Å². The molecule has 1 heterocycles. The zero-order chi connectivity index (χ0) is 9.68. The number of methoxy groups -OCH3 is 1. The van der Waals surface area contributed by atoms with E-state index in [-0.39, 0.29) is 12.1 Å². The van der Waals surface area contributed by atoms with Crippen molar-refractivity contribution in [2.75, 3.05) is 13.7 Å². The molecule has 0 N–H and O–H groups in total. The van der Waals surface area contributed by atoms with Crippen molar-refractivity contribution in [2.24, 2.45) is 0 Å². The van der Waals surface area contributed by atoms with Gasteiger partial charge in [0.25, 0.3) is 0 Å². The first-order valence-corrected chi connectivity index (χ1v) is 4.51. The summed E-state index contributed by atoms with van der Waals surface area (Å²) in [5.41, 5.74) is 0. The summed E-state index contributed by atoms with van der Waals surface area (Å²) < 4.78 is 4.65. The highest BCUT2D eigenvalue weighted by Gasteiger charge is 2.28. The van der Waals surface area contributed by atoms with Gasteiger partial charge in [-0.2, -0.15) is 5.26 Å². The van der Waals surface area contributed by atoms with Gasteiger partial charge in [0.2, 0.25) is 0 Å². The van der Waals surface area contributed by atoms with Crippen molar-refractivity contribution in [3.8, 4) is 6.07 Å². The van der Waals surface area contributed by atoms with Crippen molar-refractivity contribution in [3.63, 3.8) is 0 Å². The van der Waals surface area contributed by atoms with Crippen LogP contribution in [0.25, 0.3) is 0 Å². The van der Waals surface area contributed by atoms with E-state index < -0.39 is 0 Å². The Morgan fingerprint density at radius 2 is 2.54 bits per heavy atom. The minimum Gasteiger partial charge on any atom is -0.453 e. The predicted octanol–water partition coefficient (Wildman–Crippen LogP) is 1.52. The molecule has 1 saturated heterocycles. The van der Waals surface area contributed by atoms with E-state index in [0.717, 1.165) is 25.8 Å². The summed E-state index contributed by atoms with van der Waals surface area (Å²) in [5, 5.41) is 8.42. The molecule has 1 amide bonds. The molecule has 1 aliphatic heterocycles. The summed E-state index contributed by atoms with van der Waals surface area (Å²) in [4.78, 5) is 12.9. The third-order valence-corrected chi connectivity index (χ3v) is 2.38. The fourth-order valence-corrected chi connectivity index (χ4v) is 1.72. The Labute approximate surface area is 78.1 Å². The number of rotatable bonds is 2. The fraction of sp³-hybridized carbons (Fsp3) is 0.778. The van der Waals surface area contributed by atoms with Crippen molar-refractivity contribution >= 4 is 6.09 Å². The summed E-state index contributed by atoms with van der Waals surface area (Å²) in [6.07, 6.45) is 3.03. The van der Waals surface area contributed by atoms with Gasteiger partial charge in [-0.3, -0.25) is 0 Å². The van der Waals surface area contributed by atoms with Crippen LogP contribution in [-0.2, 0) is 4.74 Å². The van der Waals surface area contributed by atoms with E-state index in [1.54, 1.807) is 4.90 Å². The number of nitrogens with zero attached hydrogens (tertiary/aromatic N) is 2. The third-order valence-electron chi connectivity index (χ3n) is 2.38. The molecular weight excluding hydrogens is 168 g/mol. The minimum absolute atomic E-state index is 0.215. The zero-order valence-electron chi connectivity index (χ0n) is 7.82. The Kier molecular flexibility index (Phi) is 3.56. The molecule has 0 spiro atoms. The third kappa shape index (κ3) is 2.35. The van der Waals surface area contributed by atoms with Gasteiger partial charge in [0, 0.05) is 19.0 Å². The molecule has 0 aromatic heterocycles. The molecule has 0 aliphatic carbocycles. The van der Waals surface area contributed by atoms with E-state index in [9.17, 15) is 4.79 Å². The van der Waals surface area contributed by atoms with E-state index in [1.807, 2.05) is 0 Å². The molecular formula is C9H14N2O2. The monoisotopic (exact) mass is 182 g/mol. The lowest BCUT2D eigenvalue weighted by molar-refractivity contribution is 0.117. The molecule has 1 aliphatic rings. The molecule has 0 aromatic rings. The topological polar surface area (TPSA) is 53.3 Å². The molecule has 4 heteroatoms. The second-order valence-corrected chi connectivity index (χ2v) is 3.16. The molecule has 0 aromatic carbocycles. The molecule has 13 heavy (non-hydrogen) atoms. The van der Waals surface area contributed by atoms with Crippen molar-refractivity contribution < 1.29 is 9.53 Å². The van der Waals surface area contributed by atoms with Crippen molar-refractivity contribution in [3.05, 3.63) is 0 Å². The van der Waals surface area contributed by atoms with Gasteiger partial charge in [-0.15, -0.1) is 0 Å². The number of hydrogen-bond donors (Lipinski definition) is 0. The molecule has 0 saturated carbocycles. The highest BCUT2D eigenvalue weighted by atomic mass is 16.5. The maximum absolute atomic E-state index is 11.2. The van der Waals surface area contributed by atoms with Crippen LogP contribution in [0.5, 0.6) is 0 Å². The Morgan fingerprint density at radius 3 is 3.15 bits per heavy atom. The Hall–Kier alpha value is -1.24. The number of carbonyl (C=O) groups excluding carboxylic acids is 1. The van der Waals surface area contributed by atoms with Crippen LogP contribution in [0.4, 0.5) is 4.79 Å². The summed E-state index contributed by atoms with van der Waals surface area (Å²) in [5.74, 6) is 0. The maximum atomic E-state index is 11.2. The van der Waals surface area contributed by atoms with Crippen LogP contribution in [0.15, 0.2) is 0 Å². The second kappa shape index (κ2) is 4.70. The predicted molar refractivity (Wildman–Crippen MR) is 47.0 cm³/mol. The lowest BCUT2D eigenvalue weighted by Gasteiger charge is -2.22. The normalized spacial score (nSPS) is 21.2. The first-order chi connectivity index (χ1) is 6.29. The highest BCUT2D eigenvalue weighted by molar-refractivity contribution is 5.68. The fourth-order valence-electron chi connectivity index (χ4n) is 1.72. The summed E-state index contributed by atoms with van der Waals surface area (Å²) in [6, 6.07) is 2.31. The van der Waals surface area contributed by atoms with Crippen molar-refractivity contribution in [1.29, 1.82) is 5.26 Å². The van der Waals surface area contributed by atoms with Crippen LogP contribution in [0.1, 0.15) is 25.7 Å². The largest absolute Gasteiger partial charge is 0.453 e. The van der Waals surface area contributed by atoms with Gasteiger partial charge in [-0.25, -0.2) is 4.79 Å². The molecule has 72 valence electrons. The lowest BCUT2D eigenvalue weighted by Crippen LogP contribution is -2.35. The van der Waals surface area contributed by atoms with Crippen molar-refractivity contribution in [1.82, 2.24) is 4.90 Å². The SMILES string of the molecule is COC(=O)N1CCCC1CCC#N. The average Bonchev–Trinajstić information content (AvgIpc) is 2.61. The van der Waals surface area contributed by atoms with E-state index in [4.69, 9.17) is 5.26 Å². The van der Waals surface area contributed by atoms with Gasteiger partial charge in [-0.1, -0.05) is 0 Å². The lowest BCUT2D eigenvalue weighted by atomic mass is 10.1. The maximum Gasteiger partial charge on any atom is 0.409 e. The van der Waals surface area contributed by atoms with Crippen LogP contribution in [0.2, 0.25) is 0 Å². The Balaban J connectivity index is 2.44. The number of ether oxygens (including phenoxy) is 1. The second-order valence-electron chi connectivity index (χ2n) is 3.16. The molecule has 1 unspecified atom stereocenters. The van der Waals surface area contributed by atoms with E-state index in [1.165, 1.54) is 7.11 Å². The van der Waals surface area contributed by atoms with E-state index in [2.05, 4.69) is 10.8 Å². The molecule has 1 fully saturated rings. The van der Waals surface area contributed by atoms with Crippen LogP contribution in [0, 0.1) is 11.3 Å². The standard InChI is InChI=1S/C9H14N2O2/c1-13-9(12)11-7-3-5-8(11)4-2-6-10/h8H,2-5,7H2,1H3. The van der Waals surface area contributed by atoms with Gasteiger partial charge in [-0.05, 0) is 19.3 Å². The number of nitriles is 1. The summed E-state index contributed by atoms with van der Waals surface area (Å²) >= 11 is 0. The molecule has 0 radical (unpaired) electrons. The van der Waals surface area contributed by atoms with E-state index >= 15 is 0 Å². The van der Waals surface area contributed by atoms with Crippen LogP contribution < -0.4 is 0 Å². The van der Waals surface area contributed by atoms with Crippen LogP contribution in [-0.4, -0.2) is 30.7 Å². The minimum atomic E-state index is -0.263. The number of hydrogen-bond acceptors (Lipinski definition) is 3. The van der Waals surface area contributed by atoms with Gasteiger partial charge in [0.1, 0.15) is 0 Å². The molecule has 1 atom stereocenters. The number of likely N-dealkylation sites (tertiary alicyclic amines) is 1. The van der Waals surface area contributed by atoms with Gasteiger partial charge in [0.05, 0.1) is 13.2 Å². The number of carbonyl (C=O) groups is 1. The van der Waals surface area contributed by atoms with Crippen molar-refractivity contribution in [2.45, 2.75) is 31.7 Å². The molecule has 4 nitrogen and oxygen atoms in total. The first kappa shape index (κ1) is 9.85. The van der Waals surface area contributed by atoms with Gasteiger partial charge >= 0.3 is 6.09 Å². The Morgan fingerprint density at radius 1 is 1.77 bits per heavy atom. The first-order valence-electron chi connectivity index (χ1n) is 4.51. The highest BCUT2D eigenvalue weighted by Crippen LogP contribution is 2.21. The molecule has 1 rings (SSSR count). The van der Waals surface area contributed by atoms with E-state index in [0.29, 0.717) is 6.42 Å².